The van der Waals surface area contributed by atoms with Crippen LogP contribution < -0.4 is 5.73 Å². The molecule has 1 heterocycles. The van der Waals surface area contributed by atoms with Gasteiger partial charge in [0.05, 0.1) is 6.20 Å². The lowest BCUT2D eigenvalue weighted by Gasteiger charge is -2.00. The monoisotopic (exact) mass is 202 g/mol. The molecular weight excluding hydrogens is 188 g/mol. The molecule has 0 amide bonds. The number of hydrogen-bond donors (Lipinski definition) is 1. The van der Waals surface area contributed by atoms with Crippen LogP contribution in [0, 0.1) is 6.92 Å². The quantitative estimate of drug-likeness (QED) is 0.829. The number of aryl methyl sites for hydroxylation is 1. The van der Waals surface area contributed by atoms with Gasteiger partial charge in [-0.1, -0.05) is 28.9 Å². The topological polar surface area (TPSA) is 52.0 Å². The third-order valence-electron chi connectivity index (χ3n) is 2.34. The van der Waals surface area contributed by atoms with E-state index >= 15 is 0 Å². The van der Waals surface area contributed by atoms with Gasteiger partial charge in [0.25, 0.3) is 0 Å². The molecule has 3 heteroatoms. The van der Waals surface area contributed by atoms with Crippen LogP contribution in [0.3, 0.4) is 0 Å². The van der Waals surface area contributed by atoms with Gasteiger partial charge in [-0.2, -0.15) is 0 Å². The molecular formula is C12H14N2O. The summed E-state index contributed by atoms with van der Waals surface area (Å²) in [7, 11) is 0. The predicted octanol–water partition coefficient (Wildman–Crippen LogP) is 2.15. The molecule has 0 bridgehead atoms. The molecule has 0 spiro atoms. The largest absolute Gasteiger partial charge is 0.356 e. The van der Waals surface area contributed by atoms with Crippen molar-refractivity contribution in [2.24, 2.45) is 5.73 Å². The fraction of sp³-hybridized carbons (Fsp3) is 0.250. The Morgan fingerprint density at radius 1 is 1.40 bits per heavy atom. The normalized spacial score (nSPS) is 10.5. The number of benzene rings is 1. The van der Waals surface area contributed by atoms with Crippen LogP contribution in [0.4, 0.5) is 0 Å². The highest BCUT2D eigenvalue weighted by atomic mass is 16.5. The van der Waals surface area contributed by atoms with Gasteiger partial charge in [0.1, 0.15) is 0 Å². The lowest BCUT2D eigenvalue weighted by atomic mass is 10.1. The van der Waals surface area contributed by atoms with Crippen LogP contribution in [-0.2, 0) is 6.42 Å². The van der Waals surface area contributed by atoms with Crippen LogP contribution in [0.1, 0.15) is 11.1 Å². The van der Waals surface area contributed by atoms with Crippen LogP contribution in [0.2, 0.25) is 0 Å². The average molecular weight is 202 g/mol. The molecule has 2 N–H and O–H groups in total. The zero-order valence-corrected chi connectivity index (χ0v) is 8.73. The van der Waals surface area contributed by atoms with E-state index in [0.29, 0.717) is 6.54 Å². The number of rotatable bonds is 3. The molecule has 1 aromatic heterocycles. The summed E-state index contributed by atoms with van der Waals surface area (Å²) in [5.74, 6) is 0.837. The molecule has 0 atom stereocenters. The Labute approximate surface area is 88.9 Å². The molecule has 2 aromatic rings. The zero-order chi connectivity index (χ0) is 10.7. The fourth-order valence-corrected chi connectivity index (χ4v) is 1.62. The van der Waals surface area contributed by atoms with E-state index in [-0.39, 0.29) is 0 Å². The summed E-state index contributed by atoms with van der Waals surface area (Å²) in [4.78, 5) is 0. The highest BCUT2D eigenvalue weighted by Crippen LogP contribution is 2.24. The number of nitrogens with zero attached hydrogens (tertiary/aromatic N) is 1. The van der Waals surface area contributed by atoms with E-state index in [1.807, 2.05) is 12.1 Å². The van der Waals surface area contributed by atoms with Crippen molar-refractivity contribution in [3.05, 3.63) is 41.6 Å². The summed E-state index contributed by atoms with van der Waals surface area (Å²) in [6.07, 6.45) is 2.54. The summed E-state index contributed by atoms with van der Waals surface area (Å²) < 4.78 is 5.25. The van der Waals surface area contributed by atoms with E-state index in [4.69, 9.17) is 10.3 Å². The Hall–Kier alpha value is -1.61. The first kappa shape index (κ1) is 9.93. The molecule has 78 valence electrons. The van der Waals surface area contributed by atoms with E-state index in [1.165, 1.54) is 5.56 Å². The Balaban J connectivity index is 2.40. The van der Waals surface area contributed by atoms with Gasteiger partial charge in [-0.05, 0) is 26.0 Å². The molecule has 15 heavy (non-hydrogen) atoms. The highest BCUT2D eigenvalue weighted by Gasteiger charge is 2.09. The second kappa shape index (κ2) is 4.28. The minimum atomic E-state index is 0.611. The van der Waals surface area contributed by atoms with Crippen molar-refractivity contribution in [1.82, 2.24) is 5.16 Å². The van der Waals surface area contributed by atoms with Gasteiger partial charge >= 0.3 is 0 Å². The lowest BCUT2D eigenvalue weighted by Crippen LogP contribution is -2.02. The van der Waals surface area contributed by atoms with E-state index in [1.54, 1.807) is 6.20 Å². The van der Waals surface area contributed by atoms with Crippen LogP contribution in [0.5, 0.6) is 0 Å². The maximum Gasteiger partial charge on any atom is 0.170 e. The summed E-state index contributed by atoms with van der Waals surface area (Å²) in [6, 6.07) is 8.18. The summed E-state index contributed by atoms with van der Waals surface area (Å²) in [5.41, 5.74) is 8.88. The van der Waals surface area contributed by atoms with Crippen molar-refractivity contribution in [3.8, 4) is 11.3 Å². The van der Waals surface area contributed by atoms with Crippen LogP contribution in [0.25, 0.3) is 11.3 Å². The third kappa shape index (κ3) is 2.07. The first-order valence-electron chi connectivity index (χ1n) is 5.02. The van der Waals surface area contributed by atoms with Gasteiger partial charge in [0, 0.05) is 11.1 Å². The fourth-order valence-electron chi connectivity index (χ4n) is 1.62. The van der Waals surface area contributed by atoms with Crippen molar-refractivity contribution in [1.29, 1.82) is 0 Å². The lowest BCUT2D eigenvalue weighted by molar-refractivity contribution is 0.431. The number of hydrogen-bond acceptors (Lipinski definition) is 3. The molecule has 1 aromatic carbocycles. The van der Waals surface area contributed by atoms with Gasteiger partial charge in [0.15, 0.2) is 5.76 Å². The van der Waals surface area contributed by atoms with E-state index in [2.05, 4.69) is 24.2 Å². The molecule has 0 radical (unpaired) electrons. The van der Waals surface area contributed by atoms with Crippen molar-refractivity contribution in [3.63, 3.8) is 0 Å². The van der Waals surface area contributed by atoms with Crippen molar-refractivity contribution in [2.75, 3.05) is 6.54 Å². The summed E-state index contributed by atoms with van der Waals surface area (Å²) in [6.45, 7) is 2.67. The Morgan fingerprint density at radius 2 is 2.27 bits per heavy atom. The molecule has 2 rings (SSSR count). The van der Waals surface area contributed by atoms with E-state index < -0.39 is 0 Å². The van der Waals surface area contributed by atoms with Gasteiger partial charge in [0.2, 0.25) is 0 Å². The van der Waals surface area contributed by atoms with Gasteiger partial charge in [-0.3, -0.25) is 0 Å². The summed E-state index contributed by atoms with van der Waals surface area (Å²) >= 11 is 0. The minimum absolute atomic E-state index is 0.611. The van der Waals surface area contributed by atoms with Crippen LogP contribution in [0.15, 0.2) is 35.0 Å². The molecule has 0 saturated heterocycles. The standard InChI is InChI=1S/C12H14N2O/c1-9-3-2-4-10(7-9)12-11(5-6-13)8-14-15-12/h2-4,7-8H,5-6,13H2,1H3. The SMILES string of the molecule is Cc1cccc(-c2oncc2CCN)c1. The maximum atomic E-state index is 5.53. The summed E-state index contributed by atoms with van der Waals surface area (Å²) in [5, 5.41) is 3.82. The molecule has 0 aliphatic rings. The minimum Gasteiger partial charge on any atom is -0.356 e. The molecule has 0 aliphatic carbocycles. The average Bonchev–Trinajstić information content (AvgIpc) is 2.66. The Bertz CT molecular complexity index is 448. The van der Waals surface area contributed by atoms with Crippen LogP contribution in [-0.4, -0.2) is 11.7 Å². The molecule has 0 aliphatic heterocycles. The van der Waals surface area contributed by atoms with Crippen LogP contribution >= 0.6 is 0 Å². The first-order valence-corrected chi connectivity index (χ1v) is 5.02. The highest BCUT2D eigenvalue weighted by molar-refractivity contribution is 5.61. The molecule has 0 saturated carbocycles. The van der Waals surface area contributed by atoms with E-state index in [0.717, 1.165) is 23.3 Å². The number of aromatic nitrogens is 1. The predicted molar refractivity (Wildman–Crippen MR) is 59.4 cm³/mol. The first-order chi connectivity index (χ1) is 7.31. The van der Waals surface area contributed by atoms with Crippen molar-refractivity contribution in [2.45, 2.75) is 13.3 Å². The van der Waals surface area contributed by atoms with E-state index in [9.17, 15) is 0 Å². The molecule has 0 unspecified atom stereocenters. The van der Waals surface area contributed by atoms with Gasteiger partial charge in [-0.25, -0.2) is 0 Å². The van der Waals surface area contributed by atoms with Gasteiger partial charge < -0.3 is 10.3 Å². The smallest absolute Gasteiger partial charge is 0.170 e. The van der Waals surface area contributed by atoms with Gasteiger partial charge in [-0.15, -0.1) is 0 Å². The second-order valence-corrected chi connectivity index (χ2v) is 3.59. The maximum absolute atomic E-state index is 5.53. The van der Waals surface area contributed by atoms with Crippen molar-refractivity contribution < 1.29 is 4.52 Å². The third-order valence-corrected chi connectivity index (χ3v) is 2.34. The Morgan fingerprint density at radius 3 is 3.00 bits per heavy atom. The zero-order valence-electron chi connectivity index (χ0n) is 8.73. The Kier molecular flexibility index (Phi) is 2.83. The number of nitrogens with two attached hydrogens (primary N) is 1. The molecule has 0 fully saturated rings. The second-order valence-electron chi connectivity index (χ2n) is 3.59. The van der Waals surface area contributed by atoms with Crippen molar-refractivity contribution >= 4 is 0 Å². The molecule has 3 nitrogen and oxygen atoms in total.